The predicted octanol–water partition coefficient (Wildman–Crippen LogP) is 4.43. The fourth-order valence-electron chi connectivity index (χ4n) is 2.46. The smallest absolute Gasteiger partial charge is 0.120 e. The zero-order chi connectivity index (χ0) is 14.8. The highest BCUT2D eigenvalue weighted by molar-refractivity contribution is 9.10. The van der Waals surface area contributed by atoms with Gasteiger partial charge in [-0.15, -0.1) is 0 Å². The SMILES string of the molecule is CCOc1ccc2c(ccn2Cc2ccc(Br)c(N)c2)c1. The van der Waals surface area contributed by atoms with E-state index in [0.717, 1.165) is 22.5 Å². The van der Waals surface area contributed by atoms with E-state index in [1.54, 1.807) is 0 Å². The van der Waals surface area contributed by atoms with Crippen LogP contribution in [0.15, 0.2) is 53.1 Å². The number of aromatic nitrogens is 1. The van der Waals surface area contributed by atoms with Crippen molar-refractivity contribution in [2.45, 2.75) is 13.5 Å². The Morgan fingerprint density at radius 2 is 2.00 bits per heavy atom. The Hall–Kier alpha value is -1.94. The lowest BCUT2D eigenvalue weighted by atomic mass is 10.2. The number of anilines is 1. The average Bonchev–Trinajstić information content (AvgIpc) is 2.86. The highest BCUT2D eigenvalue weighted by atomic mass is 79.9. The molecular formula is C17H17BrN2O. The van der Waals surface area contributed by atoms with Gasteiger partial charge in [-0.2, -0.15) is 0 Å². The highest BCUT2D eigenvalue weighted by Crippen LogP contribution is 2.24. The van der Waals surface area contributed by atoms with Gasteiger partial charge in [0.25, 0.3) is 0 Å². The molecule has 0 spiro atoms. The van der Waals surface area contributed by atoms with E-state index in [9.17, 15) is 0 Å². The van der Waals surface area contributed by atoms with Crippen molar-refractivity contribution >= 4 is 32.5 Å². The zero-order valence-corrected chi connectivity index (χ0v) is 13.4. The molecule has 0 radical (unpaired) electrons. The van der Waals surface area contributed by atoms with E-state index >= 15 is 0 Å². The number of benzene rings is 2. The lowest BCUT2D eigenvalue weighted by molar-refractivity contribution is 0.340. The number of halogens is 1. The van der Waals surface area contributed by atoms with Gasteiger partial charge in [0, 0.05) is 33.8 Å². The Morgan fingerprint density at radius 1 is 1.14 bits per heavy atom. The van der Waals surface area contributed by atoms with Gasteiger partial charge >= 0.3 is 0 Å². The first-order valence-electron chi connectivity index (χ1n) is 6.93. The van der Waals surface area contributed by atoms with Crippen LogP contribution in [0.25, 0.3) is 10.9 Å². The molecule has 0 saturated heterocycles. The van der Waals surface area contributed by atoms with Crippen LogP contribution in [-0.2, 0) is 6.54 Å². The number of ether oxygens (including phenoxy) is 1. The fraction of sp³-hybridized carbons (Fsp3) is 0.176. The quantitative estimate of drug-likeness (QED) is 0.711. The fourth-order valence-corrected chi connectivity index (χ4v) is 2.71. The molecule has 3 rings (SSSR count). The van der Waals surface area contributed by atoms with Crippen molar-refractivity contribution in [2.24, 2.45) is 0 Å². The van der Waals surface area contributed by atoms with Gasteiger partial charge < -0.3 is 15.0 Å². The molecule has 0 aliphatic heterocycles. The van der Waals surface area contributed by atoms with Crippen LogP contribution in [0.5, 0.6) is 5.75 Å². The lowest BCUT2D eigenvalue weighted by Crippen LogP contribution is -1.99. The number of fused-ring (bicyclic) bond motifs is 1. The highest BCUT2D eigenvalue weighted by Gasteiger charge is 2.05. The van der Waals surface area contributed by atoms with Crippen molar-refractivity contribution in [3.8, 4) is 5.75 Å². The number of nitrogens with two attached hydrogens (primary N) is 1. The molecule has 1 aromatic heterocycles. The molecule has 21 heavy (non-hydrogen) atoms. The summed E-state index contributed by atoms with van der Waals surface area (Å²) in [4.78, 5) is 0. The third kappa shape index (κ3) is 2.90. The molecule has 3 aromatic rings. The monoisotopic (exact) mass is 344 g/mol. The molecule has 1 heterocycles. The van der Waals surface area contributed by atoms with Gasteiger partial charge in [0.1, 0.15) is 5.75 Å². The van der Waals surface area contributed by atoms with Crippen LogP contribution in [0, 0.1) is 0 Å². The van der Waals surface area contributed by atoms with E-state index in [-0.39, 0.29) is 0 Å². The van der Waals surface area contributed by atoms with Crippen molar-refractivity contribution in [1.82, 2.24) is 4.57 Å². The van der Waals surface area contributed by atoms with Crippen LogP contribution >= 0.6 is 15.9 Å². The van der Waals surface area contributed by atoms with E-state index < -0.39 is 0 Å². The number of nitrogen functional groups attached to an aromatic ring is 1. The molecular weight excluding hydrogens is 328 g/mol. The van der Waals surface area contributed by atoms with Crippen molar-refractivity contribution in [2.75, 3.05) is 12.3 Å². The summed E-state index contributed by atoms with van der Waals surface area (Å²) in [6.45, 7) is 3.48. The number of nitrogens with zero attached hydrogens (tertiary/aromatic N) is 1. The third-order valence-electron chi connectivity index (χ3n) is 3.47. The normalized spacial score (nSPS) is 11.0. The van der Waals surface area contributed by atoms with Crippen LogP contribution < -0.4 is 10.5 Å². The molecule has 0 aliphatic rings. The van der Waals surface area contributed by atoms with Crippen LogP contribution in [0.4, 0.5) is 5.69 Å². The molecule has 0 unspecified atom stereocenters. The Labute approximate surface area is 132 Å². The van der Waals surface area contributed by atoms with Crippen molar-refractivity contribution in [3.63, 3.8) is 0 Å². The van der Waals surface area contributed by atoms with E-state index in [4.69, 9.17) is 10.5 Å². The maximum atomic E-state index is 5.94. The zero-order valence-electron chi connectivity index (χ0n) is 11.8. The third-order valence-corrected chi connectivity index (χ3v) is 4.19. The summed E-state index contributed by atoms with van der Waals surface area (Å²) in [5.74, 6) is 0.913. The summed E-state index contributed by atoms with van der Waals surface area (Å²) in [6, 6.07) is 14.4. The average molecular weight is 345 g/mol. The molecule has 0 saturated carbocycles. The molecule has 2 N–H and O–H groups in total. The molecule has 0 bridgehead atoms. The second kappa shape index (κ2) is 5.82. The Balaban J connectivity index is 1.91. The van der Waals surface area contributed by atoms with E-state index in [0.29, 0.717) is 6.61 Å². The van der Waals surface area contributed by atoms with Crippen LogP contribution in [0.1, 0.15) is 12.5 Å². The van der Waals surface area contributed by atoms with E-state index in [1.807, 2.05) is 25.1 Å². The minimum absolute atomic E-state index is 0.685. The Morgan fingerprint density at radius 3 is 2.76 bits per heavy atom. The topological polar surface area (TPSA) is 40.2 Å². The maximum absolute atomic E-state index is 5.94. The van der Waals surface area contributed by atoms with Gasteiger partial charge in [0.05, 0.1) is 6.61 Å². The summed E-state index contributed by atoms with van der Waals surface area (Å²) in [6.07, 6.45) is 2.10. The summed E-state index contributed by atoms with van der Waals surface area (Å²) >= 11 is 3.42. The summed E-state index contributed by atoms with van der Waals surface area (Å²) in [7, 11) is 0. The maximum Gasteiger partial charge on any atom is 0.120 e. The van der Waals surface area contributed by atoms with Crippen molar-refractivity contribution in [3.05, 3.63) is 58.7 Å². The molecule has 108 valence electrons. The standard InChI is InChI=1S/C17H17BrN2O/c1-2-21-14-4-6-17-13(10-14)7-8-20(17)11-12-3-5-15(18)16(19)9-12/h3-10H,2,11,19H2,1H3. The molecule has 2 aromatic carbocycles. The largest absolute Gasteiger partial charge is 0.494 e. The first-order valence-corrected chi connectivity index (χ1v) is 7.72. The minimum Gasteiger partial charge on any atom is -0.494 e. The van der Waals surface area contributed by atoms with Crippen LogP contribution in [-0.4, -0.2) is 11.2 Å². The minimum atomic E-state index is 0.685. The molecule has 0 fully saturated rings. The number of hydrogen-bond donors (Lipinski definition) is 1. The van der Waals surface area contributed by atoms with Gasteiger partial charge in [-0.3, -0.25) is 0 Å². The lowest BCUT2D eigenvalue weighted by Gasteiger charge is -2.08. The van der Waals surface area contributed by atoms with Gasteiger partial charge in [-0.25, -0.2) is 0 Å². The van der Waals surface area contributed by atoms with Gasteiger partial charge in [-0.1, -0.05) is 6.07 Å². The Bertz CT molecular complexity index is 780. The first-order chi connectivity index (χ1) is 10.2. The molecule has 0 aliphatic carbocycles. The molecule has 0 amide bonds. The number of hydrogen-bond acceptors (Lipinski definition) is 2. The summed E-state index contributed by atoms with van der Waals surface area (Å²) in [5, 5.41) is 1.19. The summed E-state index contributed by atoms with van der Waals surface area (Å²) < 4.78 is 8.69. The first kappa shape index (κ1) is 14.0. The number of rotatable bonds is 4. The van der Waals surface area contributed by atoms with Crippen molar-refractivity contribution < 1.29 is 4.74 Å². The molecule has 3 nitrogen and oxygen atoms in total. The molecule has 4 heteroatoms. The van der Waals surface area contributed by atoms with Crippen LogP contribution in [0.3, 0.4) is 0 Å². The van der Waals surface area contributed by atoms with Gasteiger partial charge in [-0.05, 0) is 64.8 Å². The van der Waals surface area contributed by atoms with Gasteiger partial charge in [0.2, 0.25) is 0 Å². The van der Waals surface area contributed by atoms with Crippen molar-refractivity contribution in [1.29, 1.82) is 0 Å². The predicted molar refractivity (Wildman–Crippen MR) is 90.8 cm³/mol. The second-order valence-corrected chi connectivity index (χ2v) is 5.81. The van der Waals surface area contributed by atoms with Gasteiger partial charge in [0.15, 0.2) is 0 Å². The van der Waals surface area contributed by atoms with E-state index in [1.165, 1.54) is 16.5 Å². The summed E-state index contributed by atoms with van der Waals surface area (Å²) in [5.41, 5.74) is 9.09. The van der Waals surface area contributed by atoms with Crippen LogP contribution in [0.2, 0.25) is 0 Å². The Kier molecular flexibility index (Phi) is 3.88. The molecule has 0 atom stereocenters. The van der Waals surface area contributed by atoms with E-state index in [2.05, 4.69) is 51.0 Å². The second-order valence-electron chi connectivity index (χ2n) is 4.95.